The van der Waals surface area contributed by atoms with Crippen LogP contribution in [0.2, 0.25) is 5.02 Å². The number of anilines is 1. The van der Waals surface area contributed by atoms with Crippen molar-refractivity contribution in [3.63, 3.8) is 0 Å². The van der Waals surface area contributed by atoms with Crippen molar-refractivity contribution in [3.05, 3.63) is 63.7 Å². The fourth-order valence-corrected chi connectivity index (χ4v) is 4.26. The Morgan fingerprint density at radius 2 is 1.96 bits per heavy atom. The molecule has 136 valence electrons. The molecule has 6 heteroatoms. The summed E-state index contributed by atoms with van der Waals surface area (Å²) in [6.07, 6.45) is 0. The minimum Gasteiger partial charge on any atom is -0.321 e. The van der Waals surface area contributed by atoms with Gasteiger partial charge in [-0.15, -0.1) is 11.3 Å². The van der Waals surface area contributed by atoms with Crippen LogP contribution >= 0.6 is 22.9 Å². The van der Waals surface area contributed by atoms with Gasteiger partial charge in [-0.3, -0.25) is 9.69 Å². The first-order chi connectivity index (χ1) is 12.5. The number of carbonyl (C=O) groups is 1. The largest absolute Gasteiger partial charge is 0.321 e. The topological polar surface area (TPSA) is 32.3 Å². The monoisotopic (exact) mass is 390 g/mol. The zero-order chi connectivity index (χ0) is 18.7. The third kappa shape index (κ3) is 4.06. The molecule has 0 unspecified atom stereocenters. The highest BCUT2D eigenvalue weighted by Crippen LogP contribution is 2.36. The number of benzene rings is 2. The highest BCUT2D eigenvalue weighted by molar-refractivity contribution is 7.21. The number of thiophene rings is 1. The fourth-order valence-electron chi connectivity index (χ4n) is 2.83. The van der Waals surface area contributed by atoms with Crippen LogP contribution < -0.4 is 5.32 Å². The minimum atomic E-state index is -0.341. The number of nitrogens with zero attached hydrogens (tertiary/aromatic N) is 1. The summed E-state index contributed by atoms with van der Waals surface area (Å²) < 4.78 is 14.1. The average Bonchev–Trinajstić information content (AvgIpc) is 2.96. The molecule has 0 fully saturated rings. The van der Waals surface area contributed by atoms with Crippen molar-refractivity contribution in [2.24, 2.45) is 0 Å². The van der Waals surface area contributed by atoms with Gasteiger partial charge in [0.15, 0.2) is 0 Å². The third-order valence-electron chi connectivity index (χ3n) is 4.28. The van der Waals surface area contributed by atoms with Gasteiger partial charge in [0.05, 0.1) is 5.02 Å². The summed E-state index contributed by atoms with van der Waals surface area (Å²) in [7, 11) is 0. The van der Waals surface area contributed by atoms with E-state index in [9.17, 15) is 9.18 Å². The smallest absolute Gasteiger partial charge is 0.267 e. The summed E-state index contributed by atoms with van der Waals surface area (Å²) in [6, 6.07) is 12.1. The summed E-state index contributed by atoms with van der Waals surface area (Å²) in [6.45, 7) is 7.03. The lowest BCUT2D eigenvalue weighted by Crippen LogP contribution is -2.22. The average molecular weight is 391 g/mol. The number of carbonyl (C=O) groups excluding carboxylic acids is 1. The molecule has 0 aliphatic heterocycles. The Morgan fingerprint density at radius 1 is 1.19 bits per heavy atom. The molecule has 26 heavy (non-hydrogen) atoms. The van der Waals surface area contributed by atoms with E-state index in [4.69, 9.17) is 11.6 Å². The number of amides is 1. The van der Waals surface area contributed by atoms with Crippen LogP contribution in [0.25, 0.3) is 10.1 Å². The number of nitrogens with one attached hydrogen (secondary N) is 1. The van der Waals surface area contributed by atoms with Gasteiger partial charge in [0.2, 0.25) is 0 Å². The Kier molecular flexibility index (Phi) is 5.91. The van der Waals surface area contributed by atoms with Crippen LogP contribution in [-0.2, 0) is 6.54 Å². The van der Waals surface area contributed by atoms with Crippen LogP contribution in [0.3, 0.4) is 0 Å². The molecule has 0 aliphatic carbocycles. The molecule has 0 bridgehead atoms. The van der Waals surface area contributed by atoms with Gasteiger partial charge < -0.3 is 5.32 Å². The van der Waals surface area contributed by atoms with Crippen LogP contribution in [0.4, 0.5) is 10.1 Å². The van der Waals surface area contributed by atoms with E-state index < -0.39 is 0 Å². The minimum absolute atomic E-state index is 0.281. The van der Waals surface area contributed by atoms with E-state index in [1.165, 1.54) is 23.5 Å². The van der Waals surface area contributed by atoms with Crippen LogP contribution in [0.5, 0.6) is 0 Å². The lowest BCUT2D eigenvalue weighted by Gasteiger charge is -2.18. The molecule has 3 aromatic rings. The SMILES string of the molecule is CCN(CC)Cc1cccc(NC(=O)c2sc3cc(F)ccc3c2Cl)c1. The molecule has 3 nitrogen and oxygen atoms in total. The molecule has 0 aliphatic rings. The van der Waals surface area contributed by atoms with Crippen molar-refractivity contribution in [3.8, 4) is 0 Å². The first-order valence-electron chi connectivity index (χ1n) is 8.52. The standard InChI is InChI=1S/C20H20ClFN2OS/c1-3-24(4-2)12-13-6-5-7-15(10-13)23-20(25)19-18(21)16-9-8-14(22)11-17(16)26-19/h5-11H,3-4,12H2,1-2H3,(H,23,25). The second-order valence-electron chi connectivity index (χ2n) is 6.00. The lowest BCUT2D eigenvalue weighted by molar-refractivity contribution is 0.103. The molecule has 2 aromatic carbocycles. The number of hydrogen-bond acceptors (Lipinski definition) is 3. The maximum atomic E-state index is 13.4. The number of hydrogen-bond donors (Lipinski definition) is 1. The van der Waals surface area contributed by atoms with Crippen molar-refractivity contribution < 1.29 is 9.18 Å². The van der Waals surface area contributed by atoms with Crippen LogP contribution in [-0.4, -0.2) is 23.9 Å². The zero-order valence-corrected chi connectivity index (χ0v) is 16.3. The number of rotatable bonds is 6. The molecule has 3 rings (SSSR count). The van der Waals surface area contributed by atoms with Gasteiger partial charge in [0, 0.05) is 22.3 Å². The van der Waals surface area contributed by atoms with Gasteiger partial charge in [-0.1, -0.05) is 37.6 Å². The summed E-state index contributed by atoms with van der Waals surface area (Å²) in [5.41, 5.74) is 1.86. The molecule has 1 amide bonds. The van der Waals surface area contributed by atoms with Gasteiger partial charge >= 0.3 is 0 Å². The van der Waals surface area contributed by atoms with E-state index in [0.29, 0.717) is 20.0 Å². The van der Waals surface area contributed by atoms with Gasteiger partial charge in [-0.2, -0.15) is 0 Å². The van der Waals surface area contributed by atoms with Gasteiger partial charge in [0.1, 0.15) is 10.7 Å². The van der Waals surface area contributed by atoms with Gasteiger partial charge in [-0.25, -0.2) is 4.39 Å². The van der Waals surface area contributed by atoms with Crippen molar-refractivity contribution in [2.45, 2.75) is 20.4 Å². The van der Waals surface area contributed by atoms with Gasteiger partial charge in [0.25, 0.3) is 5.91 Å². The lowest BCUT2D eigenvalue weighted by atomic mass is 10.2. The van der Waals surface area contributed by atoms with Crippen molar-refractivity contribution in [1.82, 2.24) is 4.90 Å². The quantitative estimate of drug-likeness (QED) is 0.577. The Morgan fingerprint density at radius 3 is 2.69 bits per heavy atom. The highest BCUT2D eigenvalue weighted by Gasteiger charge is 2.18. The fraction of sp³-hybridized carbons (Fsp3) is 0.250. The van der Waals surface area contributed by atoms with Crippen LogP contribution in [0, 0.1) is 5.82 Å². The second kappa shape index (κ2) is 8.16. The Balaban J connectivity index is 1.81. The molecule has 0 radical (unpaired) electrons. The van der Waals surface area contributed by atoms with E-state index in [1.807, 2.05) is 24.3 Å². The van der Waals surface area contributed by atoms with E-state index in [-0.39, 0.29) is 11.7 Å². The first kappa shape index (κ1) is 18.8. The first-order valence-corrected chi connectivity index (χ1v) is 9.71. The molecule has 1 heterocycles. The van der Waals surface area contributed by atoms with Crippen LogP contribution in [0.15, 0.2) is 42.5 Å². The molecule has 0 atom stereocenters. The predicted molar refractivity (Wildman–Crippen MR) is 108 cm³/mol. The number of fused-ring (bicyclic) bond motifs is 1. The highest BCUT2D eigenvalue weighted by atomic mass is 35.5. The molecular weight excluding hydrogens is 371 g/mol. The summed E-state index contributed by atoms with van der Waals surface area (Å²) in [5.74, 6) is -0.622. The Labute approximate surface area is 161 Å². The predicted octanol–water partition coefficient (Wildman–Crippen LogP) is 5.79. The van der Waals surface area contributed by atoms with Gasteiger partial charge in [-0.05, 0) is 49.0 Å². The molecule has 0 spiro atoms. The normalized spacial score (nSPS) is 11.3. The third-order valence-corrected chi connectivity index (χ3v) is 5.94. The Bertz CT molecular complexity index is 937. The maximum absolute atomic E-state index is 13.4. The second-order valence-corrected chi connectivity index (χ2v) is 7.43. The Hall–Kier alpha value is -1.95. The molecule has 1 aromatic heterocycles. The summed E-state index contributed by atoms with van der Waals surface area (Å²) in [5, 5.41) is 3.95. The van der Waals surface area contributed by atoms with E-state index in [2.05, 4.69) is 24.1 Å². The van der Waals surface area contributed by atoms with Crippen molar-refractivity contribution in [1.29, 1.82) is 0 Å². The van der Waals surface area contributed by atoms with Crippen molar-refractivity contribution >= 4 is 44.6 Å². The summed E-state index contributed by atoms with van der Waals surface area (Å²) >= 11 is 7.52. The molecular formula is C20H20ClFN2OS. The van der Waals surface area contributed by atoms with Crippen LogP contribution in [0.1, 0.15) is 29.1 Å². The van der Waals surface area contributed by atoms with E-state index in [1.54, 1.807) is 6.07 Å². The maximum Gasteiger partial charge on any atom is 0.267 e. The molecule has 1 N–H and O–H groups in total. The number of halogens is 2. The summed E-state index contributed by atoms with van der Waals surface area (Å²) in [4.78, 5) is 15.3. The zero-order valence-electron chi connectivity index (χ0n) is 14.7. The van der Waals surface area contributed by atoms with E-state index >= 15 is 0 Å². The molecule has 0 saturated carbocycles. The molecule has 0 saturated heterocycles. The van der Waals surface area contributed by atoms with Crippen molar-refractivity contribution in [2.75, 3.05) is 18.4 Å². The van der Waals surface area contributed by atoms with E-state index in [0.717, 1.165) is 30.9 Å².